The van der Waals surface area contributed by atoms with Crippen LogP contribution in [0.2, 0.25) is 0 Å². The lowest BCUT2D eigenvalue weighted by molar-refractivity contribution is 0.362. The van der Waals surface area contributed by atoms with Crippen molar-refractivity contribution in [2.45, 2.75) is 45.1 Å². The summed E-state index contributed by atoms with van der Waals surface area (Å²) in [6.07, 6.45) is 6.68. The molecule has 1 aliphatic carbocycles. The lowest BCUT2D eigenvalue weighted by Crippen LogP contribution is -2.36. The van der Waals surface area contributed by atoms with Crippen LogP contribution < -0.4 is 10.1 Å². The van der Waals surface area contributed by atoms with Crippen LogP contribution in [0.5, 0.6) is 5.75 Å². The second-order valence-electron chi connectivity index (χ2n) is 5.38. The molecule has 3 heteroatoms. The second-order valence-corrected chi connectivity index (χ2v) is 6.24. The van der Waals surface area contributed by atoms with E-state index in [0.717, 1.165) is 29.1 Å². The molecule has 2 nitrogen and oxygen atoms in total. The SMILES string of the molecule is CCNC(Cc1ccc(OC)c(Br)c1)C1CCCC1. The van der Waals surface area contributed by atoms with Gasteiger partial charge in [-0.05, 0) is 65.4 Å². The van der Waals surface area contributed by atoms with Crippen molar-refractivity contribution < 1.29 is 4.74 Å². The van der Waals surface area contributed by atoms with Crippen molar-refractivity contribution in [2.75, 3.05) is 13.7 Å². The minimum Gasteiger partial charge on any atom is -0.496 e. The molecule has 1 aromatic carbocycles. The van der Waals surface area contributed by atoms with Crippen LogP contribution in [0.1, 0.15) is 38.2 Å². The van der Waals surface area contributed by atoms with Crippen LogP contribution in [-0.2, 0) is 6.42 Å². The van der Waals surface area contributed by atoms with E-state index in [0.29, 0.717) is 6.04 Å². The van der Waals surface area contributed by atoms with Crippen molar-refractivity contribution in [3.8, 4) is 5.75 Å². The minimum absolute atomic E-state index is 0.618. The molecule has 1 N–H and O–H groups in total. The molecular weight excluding hydrogens is 302 g/mol. The fourth-order valence-corrected chi connectivity index (χ4v) is 3.71. The maximum Gasteiger partial charge on any atom is 0.133 e. The normalized spacial score (nSPS) is 17.6. The van der Waals surface area contributed by atoms with Crippen molar-refractivity contribution in [3.63, 3.8) is 0 Å². The van der Waals surface area contributed by atoms with Gasteiger partial charge in [-0.1, -0.05) is 25.8 Å². The van der Waals surface area contributed by atoms with Crippen LogP contribution in [0.15, 0.2) is 22.7 Å². The number of rotatable bonds is 6. The van der Waals surface area contributed by atoms with Gasteiger partial charge in [-0.3, -0.25) is 0 Å². The van der Waals surface area contributed by atoms with Gasteiger partial charge in [0.05, 0.1) is 11.6 Å². The van der Waals surface area contributed by atoms with E-state index in [-0.39, 0.29) is 0 Å². The Morgan fingerprint density at radius 3 is 2.68 bits per heavy atom. The summed E-state index contributed by atoms with van der Waals surface area (Å²) in [5, 5.41) is 3.67. The molecule has 0 radical (unpaired) electrons. The summed E-state index contributed by atoms with van der Waals surface area (Å²) < 4.78 is 6.34. The Morgan fingerprint density at radius 1 is 1.37 bits per heavy atom. The fourth-order valence-electron chi connectivity index (χ4n) is 3.12. The molecule has 1 aromatic rings. The first kappa shape index (κ1) is 14.9. The van der Waals surface area contributed by atoms with Gasteiger partial charge in [0.2, 0.25) is 0 Å². The number of hydrogen-bond acceptors (Lipinski definition) is 2. The van der Waals surface area contributed by atoms with E-state index in [1.54, 1.807) is 7.11 Å². The molecule has 1 unspecified atom stereocenters. The molecule has 1 saturated carbocycles. The summed E-state index contributed by atoms with van der Waals surface area (Å²) in [6.45, 7) is 3.25. The van der Waals surface area contributed by atoms with Crippen LogP contribution in [0, 0.1) is 5.92 Å². The van der Waals surface area contributed by atoms with Gasteiger partial charge >= 0.3 is 0 Å². The summed E-state index contributed by atoms with van der Waals surface area (Å²) >= 11 is 3.57. The van der Waals surface area contributed by atoms with Crippen molar-refractivity contribution in [3.05, 3.63) is 28.2 Å². The van der Waals surface area contributed by atoms with Gasteiger partial charge in [0.25, 0.3) is 0 Å². The largest absolute Gasteiger partial charge is 0.496 e. The van der Waals surface area contributed by atoms with Gasteiger partial charge in [-0.2, -0.15) is 0 Å². The summed E-state index contributed by atoms with van der Waals surface area (Å²) in [5.74, 6) is 1.76. The van der Waals surface area contributed by atoms with E-state index >= 15 is 0 Å². The third-order valence-electron chi connectivity index (χ3n) is 4.11. The molecule has 1 aliphatic rings. The van der Waals surface area contributed by atoms with E-state index in [2.05, 4.69) is 46.4 Å². The summed E-state index contributed by atoms with van der Waals surface area (Å²) in [7, 11) is 1.71. The first-order chi connectivity index (χ1) is 9.24. The average molecular weight is 326 g/mol. The van der Waals surface area contributed by atoms with E-state index in [9.17, 15) is 0 Å². The van der Waals surface area contributed by atoms with Crippen LogP contribution in [0.3, 0.4) is 0 Å². The molecule has 0 bridgehead atoms. The zero-order valence-electron chi connectivity index (χ0n) is 11.9. The number of hydrogen-bond donors (Lipinski definition) is 1. The number of benzene rings is 1. The lowest BCUT2D eigenvalue weighted by atomic mass is 9.92. The number of ether oxygens (including phenoxy) is 1. The highest BCUT2D eigenvalue weighted by molar-refractivity contribution is 9.10. The zero-order valence-corrected chi connectivity index (χ0v) is 13.5. The maximum atomic E-state index is 5.29. The van der Waals surface area contributed by atoms with Gasteiger partial charge in [-0.15, -0.1) is 0 Å². The highest BCUT2D eigenvalue weighted by Gasteiger charge is 2.24. The molecule has 0 heterocycles. The van der Waals surface area contributed by atoms with Crippen LogP contribution in [-0.4, -0.2) is 19.7 Å². The molecule has 0 spiro atoms. The summed E-state index contributed by atoms with van der Waals surface area (Å²) in [6, 6.07) is 7.05. The van der Waals surface area contributed by atoms with Crippen molar-refractivity contribution in [2.24, 2.45) is 5.92 Å². The van der Waals surface area contributed by atoms with Gasteiger partial charge in [0.15, 0.2) is 0 Å². The van der Waals surface area contributed by atoms with Crippen LogP contribution >= 0.6 is 15.9 Å². The Balaban J connectivity index is 2.05. The number of methoxy groups -OCH3 is 1. The number of halogens is 1. The van der Waals surface area contributed by atoms with Crippen LogP contribution in [0.4, 0.5) is 0 Å². The topological polar surface area (TPSA) is 21.3 Å². The minimum atomic E-state index is 0.618. The van der Waals surface area contributed by atoms with Crippen LogP contribution in [0.25, 0.3) is 0 Å². The van der Waals surface area contributed by atoms with Gasteiger partial charge < -0.3 is 10.1 Å². The van der Waals surface area contributed by atoms with Gasteiger partial charge in [0.1, 0.15) is 5.75 Å². The highest BCUT2D eigenvalue weighted by atomic mass is 79.9. The zero-order chi connectivity index (χ0) is 13.7. The summed E-state index contributed by atoms with van der Waals surface area (Å²) in [4.78, 5) is 0. The Labute approximate surface area is 125 Å². The fraction of sp³-hybridized carbons (Fsp3) is 0.625. The van der Waals surface area contributed by atoms with Crippen molar-refractivity contribution in [1.29, 1.82) is 0 Å². The molecule has 1 atom stereocenters. The van der Waals surface area contributed by atoms with Gasteiger partial charge in [-0.25, -0.2) is 0 Å². The van der Waals surface area contributed by atoms with E-state index in [1.807, 2.05) is 0 Å². The van der Waals surface area contributed by atoms with E-state index in [1.165, 1.54) is 31.2 Å². The molecular formula is C16H24BrNO. The quantitative estimate of drug-likeness (QED) is 0.847. The predicted molar refractivity (Wildman–Crippen MR) is 83.8 cm³/mol. The Morgan fingerprint density at radius 2 is 2.11 bits per heavy atom. The monoisotopic (exact) mass is 325 g/mol. The molecule has 0 saturated heterocycles. The second kappa shape index (κ2) is 7.30. The molecule has 19 heavy (non-hydrogen) atoms. The smallest absolute Gasteiger partial charge is 0.133 e. The number of nitrogens with one attached hydrogen (secondary N) is 1. The Bertz CT molecular complexity index is 402. The Hall–Kier alpha value is -0.540. The highest BCUT2D eigenvalue weighted by Crippen LogP contribution is 2.31. The third kappa shape index (κ3) is 3.96. The van der Waals surface area contributed by atoms with Gasteiger partial charge in [0, 0.05) is 6.04 Å². The maximum absolute atomic E-state index is 5.29. The van der Waals surface area contributed by atoms with Crippen molar-refractivity contribution >= 4 is 15.9 Å². The molecule has 0 aromatic heterocycles. The average Bonchev–Trinajstić information content (AvgIpc) is 2.92. The summed E-state index contributed by atoms with van der Waals surface area (Å²) in [5.41, 5.74) is 1.38. The Kier molecular flexibility index (Phi) is 5.71. The standard InChI is InChI=1S/C16H24BrNO/c1-3-18-15(13-6-4-5-7-13)11-12-8-9-16(19-2)14(17)10-12/h8-10,13,15,18H,3-7,11H2,1-2H3. The molecule has 106 valence electrons. The lowest BCUT2D eigenvalue weighted by Gasteiger charge is -2.24. The first-order valence-electron chi connectivity index (χ1n) is 7.30. The molecule has 0 amide bonds. The van der Waals surface area contributed by atoms with E-state index < -0.39 is 0 Å². The first-order valence-corrected chi connectivity index (χ1v) is 8.09. The molecule has 1 fully saturated rings. The molecule has 2 rings (SSSR count). The number of likely N-dealkylation sites (N-methyl/N-ethyl adjacent to an activating group) is 1. The van der Waals surface area contributed by atoms with Crippen molar-refractivity contribution in [1.82, 2.24) is 5.32 Å². The third-order valence-corrected chi connectivity index (χ3v) is 4.73. The predicted octanol–water partition coefficient (Wildman–Crippen LogP) is 4.17. The van der Waals surface area contributed by atoms with E-state index in [4.69, 9.17) is 4.74 Å². The molecule has 0 aliphatic heterocycles.